The summed E-state index contributed by atoms with van der Waals surface area (Å²) >= 11 is 0. The SMILES string of the molecule is BCC[C@@H](C)C(C)CB. The summed E-state index contributed by atoms with van der Waals surface area (Å²) in [5, 5.41) is 0. The molecule has 1 unspecified atom stereocenters. The maximum Gasteiger partial charge on any atom is 0.101 e. The molecule has 0 rings (SSSR count). The maximum atomic E-state index is 2.36. The van der Waals surface area contributed by atoms with Gasteiger partial charge in [-0.15, -0.1) is 0 Å². The summed E-state index contributed by atoms with van der Waals surface area (Å²) in [7, 11) is 4.54. The monoisotopic (exact) mass is 124 g/mol. The third-order valence-electron chi connectivity index (χ3n) is 2.36. The Bertz CT molecular complexity index is 63.9. The lowest BCUT2D eigenvalue weighted by molar-refractivity contribution is 0.408. The lowest BCUT2D eigenvalue weighted by Gasteiger charge is -2.16. The van der Waals surface area contributed by atoms with Gasteiger partial charge in [-0.3, -0.25) is 0 Å². The average molecular weight is 124 g/mol. The summed E-state index contributed by atoms with van der Waals surface area (Å²) < 4.78 is 0. The average Bonchev–Trinajstić information content (AvgIpc) is 1.87. The molecule has 0 saturated carbocycles. The zero-order valence-corrected chi connectivity index (χ0v) is 7.28. The van der Waals surface area contributed by atoms with Crippen LogP contribution < -0.4 is 0 Å². The molecule has 0 amide bonds. The molecule has 0 aliphatic heterocycles. The topological polar surface area (TPSA) is 0 Å². The van der Waals surface area contributed by atoms with E-state index in [1.54, 1.807) is 0 Å². The first-order valence-electron chi connectivity index (χ1n) is 4.22. The van der Waals surface area contributed by atoms with E-state index in [0.717, 1.165) is 11.8 Å². The van der Waals surface area contributed by atoms with Crippen LogP contribution in [-0.4, -0.2) is 15.7 Å². The maximum absolute atomic E-state index is 2.36. The van der Waals surface area contributed by atoms with Crippen molar-refractivity contribution in [2.45, 2.75) is 32.9 Å². The highest BCUT2D eigenvalue weighted by Crippen LogP contribution is 2.18. The minimum atomic E-state index is 0.921. The van der Waals surface area contributed by atoms with Crippen molar-refractivity contribution in [3.63, 3.8) is 0 Å². The lowest BCUT2D eigenvalue weighted by atomic mass is 9.80. The van der Waals surface area contributed by atoms with Gasteiger partial charge in [0.15, 0.2) is 0 Å². The molecule has 0 aromatic carbocycles. The highest BCUT2D eigenvalue weighted by Gasteiger charge is 2.07. The molecular formula is C7H18B2. The minimum Gasteiger partial charge on any atom is -0.0808 e. The molecule has 0 N–H and O–H groups in total. The summed E-state index contributed by atoms with van der Waals surface area (Å²) in [5.41, 5.74) is 0. The molecule has 0 aliphatic carbocycles. The molecule has 9 heavy (non-hydrogen) atoms. The van der Waals surface area contributed by atoms with Crippen LogP contribution in [0.25, 0.3) is 0 Å². The van der Waals surface area contributed by atoms with Crippen molar-refractivity contribution in [2.24, 2.45) is 11.8 Å². The molecule has 0 heterocycles. The molecule has 0 spiro atoms. The molecule has 0 saturated heterocycles. The van der Waals surface area contributed by atoms with Crippen molar-refractivity contribution < 1.29 is 0 Å². The van der Waals surface area contributed by atoms with Gasteiger partial charge in [-0.25, -0.2) is 0 Å². The zero-order valence-electron chi connectivity index (χ0n) is 7.28. The van der Waals surface area contributed by atoms with E-state index in [0.29, 0.717) is 0 Å². The number of hydrogen-bond acceptors (Lipinski definition) is 0. The van der Waals surface area contributed by atoms with Crippen LogP contribution in [0.2, 0.25) is 12.6 Å². The molecule has 0 fully saturated rings. The van der Waals surface area contributed by atoms with E-state index >= 15 is 0 Å². The third-order valence-corrected chi connectivity index (χ3v) is 2.36. The number of hydrogen-bond donors (Lipinski definition) is 0. The van der Waals surface area contributed by atoms with Crippen LogP contribution in [0, 0.1) is 11.8 Å². The molecule has 0 bridgehead atoms. The highest BCUT2D eigenvalue weighted by molar-refractivity contribution is 6.09. The van der Waals surface area contributed by atoms with Gasteiger partial charge in [-0.2, -0.15) is 0 Å². The van der Waals surface area contributed by atoms with Crippen molar-refractivity contribution in [3.05, 3.63) is 0 Å². The zero-order chi connectivity index (χ0) is 7.28. The van der Waals surface area contributed by atoms with Crippen LogP contribution in [0.4, 0.5) is 0 Å². The first kappa shape index (κ1) is 9.13. The van der Waals surface area contributed by atoms with Crippen LogP contribution in [0.3, 0.4) is 0 Å². The van der Waals surface area contributed by atoms with Crippen molar-refractivity contribution in [1.82, 2.24) is 0 Å². The van der Waals surface area contributed by atoms with E-state index in [9.17, 15) is 0 Å². The Morgan fingerprint density at radius 2 is 1.67 bits per heavy atom. The molecule has 0 aromatic rings. The second-order valence-electron chi connectivity index (χ2n) is 3.15. The fraction of sp³-hybridized carbons (Fsp3) is 1.00. The van der Waals surface area contributed by atoms with Gasteiger partial charge in [-0.1, -0.05) is 32.9 Å². The van der Waals surface area contributed by atoms with E-state index in [-0.39, 0.29) is 0 Å². The lowest BCUT2D eigenvalue weighted by Crippen LogP contribution is -2.06. The van der Waals surface area contributed by atoms with E-state index in [2.05, 4.69) is 29.5 Å². The largest absolute Gasteiger partial charge is 0.101 e. The summed E-state index contributed by atoms with van der Waals surface area (Å²) in [4.78, 5) is 0. The minimum absolute atomic E-state index is 0.921. The van der Waals surface area contributed by atoms with Gasteiger partial charge in [0.25, 0.3) is 0 Å². The fourth-order valence-electron chi connectivity index (χ4n) is 1.14. The van der Waals surface area contributed by atoms with E-state index < -0.39 is 0 Å². The Labute approximate surface area is 61.2 Å². The Morgan fingerprint density at radius 3 is 2.00 bits per heavy atom. The van der Waals surface area contributed by atoms with Crippen LogP contribution in [0.5, 0.6) is 0 Å². The predicted molar refractivity (Wildman–Crippen MR) is 49.6 cm³/mol. The van der Waals surface area contributed by atoms with Gasteiger partial charge in [0.2, 0.25) is 0 Å². The van der Waals surface area contributed by atoms with Gasteiger partial charge in [0.05, 0.1) is 0 Å². The molecule has 0 aliphatic rings. The van der Waals surface area contributed by atoms with Gasteiger partial charge in [0, 0.05) is 0 Å². The Hall–Kier alpha value is 0.130. The molecule has 2 heteroatoms. The second-order valence-corrected chi connectivity index (χ2v) is 3.15. The van der Waals surface area contributed by atoms with Crippen molar-refractivity contribution >= 4 is 15.7 Å². The quantitative estimate of drug-likeness (QED) is 0.485. The van der Waals surface area contributed by atoms with Gasteiger partial charge < -0.3 is 0 Å². The second kappa shape index (κ2) is 4.96. The van der Waals surface area contributed by atoms with Crippen molar-refractivity contribution in [2.75, 3.05) is 0 Å². The van der Waals surface area contributed by atoms with Crippen LogP contribution in [0.15, 0.2) is 0 Å². The Kier molecular flexibility index (Phi) is 5.03. The summed E-state index contributed by atoms with van der Waals surface area (Å²) in [6, 6.07) is 0. The third kappa shape index (κ3) is 3.66. The van der Waals surface area contributed by atoms with Gasteiger partial charge >= 0.3 is 0 Å². The van der Waals surface area contributed by atoms with E-state index in [4.69, 9.17) is 0 Å². The number of rotatable bonds is 4. The molecule has 2 atom stereocenters. The standard InChI is InChI=1S/C7H18B2/c1-6(3-4-8)7(2)5-9/h6-7H,3-5,8-9H2,1-2H3/t6-,7?/m1/s1. The van der Waals surface area contributed by atoms with Crippen LogP contribution in [-0.2, 0) is 0 Å². The summed E-state index contributed by atoms with van der Waals surface area (Å²) in [5.74, 6) is 1.85. The van der Waals surface area contributed by atoms with E-state index in [1.807, 2.05) is 0 Å². The van der Waals surface area contributed by atoms with Gasteiger partial charge in [-0.05, 0) is 11.8 Å². The first-order chi connectivity index (χ1) is 4.22. The normalized spacial score (nSPS) is 17.1. The summed E-state index contributed by atoms with van der Waals surface area (Å²) in [6.07, 6.45) is 4.07. The first-order valence-corrected chi connectivity index (χ1v) is 4.22. The van der Waals surface area contributed by atoms with Crippen LogP contribution in [0.1, 0.15) is 20.3 Å². The Balaban J connectivity index is 3.32. The highest BCUT2D eigenvalue weighted by atomic mass is 14.1. The molecule has 0 radical (unpaired) electrons. The van der Waals surface area contributed by atoms with Crippen LogP contribution >= 0.6 is 0 Å². The smallest absolute Gasteiger partial charge is 0.0808 e. The Morgan fingerprint density at radius 1 is 1.11 bits per heavy atom. The predicted octanol–water partition coefficient (Wildman–Crippen LogP) is 0.751. The molecule has 52 valence electrons. The summed E-state index contributed by atoms with van der Waals surface area (Å²) in [6.45, 7) is 4.71. The van der Waals surface area contributed by atoms with Crippen molar-refractivity contribution in [1.29, 1.82) is 0 Å². The molecule has 0 aromatic heterocycles. The van der Waals surface area contributed by atoms with Crippen molar-refractivity contribution in [3.8, 4) is 0 Å². The molecule has 0 nitrogen and oxygen atoms in total. The van der Waals surface area contributed by atoms with E-state index in [1.165, 1.54) is 19.1 Å². The fourth-order valence-corrected chi connectivity index (χ4v) is 1.14. The molecular weight excluding hydrogens is 106 g/mol. The van der Waals surface area contributed by atoms with Gasteiger partial charge in [0.1, 0.15) is 15.7 Å².